The average Bonchev–Trinajstić information content (AvgIpc) is 2.44. The number of nitrogens with zero attached hydrogens (tertiary/aromatic N) is 1. The first kappa shape index (κ1) is 17.5. The Balaban J connectivity index is 2.95. The van der Waals surface area contributed by atoms with E-state index in [9.17, 15) is 13.2 Å². The fraction of sp³-hybridized carbons (Fsp3) is 0.500. The maximum Gasteiger partial charge on any atom is 0.240 e. The van der Waals surface area contributed by atoms with E-state index < -0.39 is 10.0 Å². The van der Waals surface area contributed by atoms with Gasteiger partial charge in [-0.1, -0.05) is 25.1 Å². The smallest absolute Gasteiger partial charge is 0.240 e. The predicted octanol–water partition coefficient (Wildman–Crippen LogP) is 0.778. The molecule has 0 fully saturated rings. The summed E-state index contributed by atoms with van der Waals surface area (Å²) in [4.78, 5) is 11.9. The molecule has 6 nitrogen and oxygen atoms in total. The van der Waals surface area contributed by atoms with E-state index in [2.05, 4.69) is 5.32 Å². The Labute approximate surface area is 126 Å². The van der Waals surface area contributed by atoms with Gasteiger partial charge in [0.05, 0.1) is 18.6 Å². The van der Waals surface area contributed by atoms with E-state index in [1.807, 2.05) is 19.1 Å². The van der Waals surface area contributed by atoms with Gasteiger partial charge in [0, 0.05) is 13.7 Å². The number of rotatable bonds is 8. The lowest BCUT2D eigenvalue weighted by molar-refractivity contribution is -0.119. The van der Waals surface area contributed by atoms with Gasteiger partial charge in [-0.15, -0.1) is 0 Å². The number of sulfonamides is 1. The molecule has 1 aromatic rings. The summed E-state index contributed by atoms with van der Waals surface area (Å²) in [7, 11) is -2.00. The van der Waals surface area contributed by atoms with Crippen molar-refractivity contribution in [3.8, 4) is 0 Å². The fourth-order valence-electron chi connectivity index (χ4n) is 1.91. The molecule has 0 radical (unpaired) electrons. The van der Waals surface area contributed by atoms with E-state index in [-0.39, 0.29) is 12.5 Å². The normalized spacial score (nSPS) is 11.2. The summed E-state index contributed by atoms with van der Waals surface area (Å²) < 4.78 is 29.9. The van der Waals surface area contributed by atoms with Crippen LogP contribution in [-0.4, -0.2) is 47.4 Å². The van der Waals surface area contributed by atoms with Crippen LogP contribution in [0.1, 0.15) is 12.5 Å². The molecule has 0 saturated carbocycles. The number of anilines is 1. The lowest BCUT2D eigenvalue weighted by atomic mass is 10.1. The molecule has 1 amide bonds. The molecule has 0 aromatic heterocycles. The third kappa shape index (κ3) is 5.35. The van der Waals surface area contributed by atoms with Gasteiger partial charge < -0.3 is 10.1 Å². The first-order valence-corrected chi connectivity index (χ1v) is 8.56. The summed E-state index contributed by atoms with van der Waals surface area (Å²) in [6.07, 6.45) is 1.79. The average molecular weight is 314 g/mol. The van der Waals surface area contributed by atoms with E-state index >= 15 is 0 Å². The second-order valence-electron chi connectivity index (χ2n) is 4.59. The molecule has 118 valence electrons. The second-order valence-corrected chi connectivity index (χ2v) is 6.50. The zero-order valence-electron chi connectivity index (χ0n) is 12.6. The molecular weight excluding hydrogens is 292 g/mol. The molecule has 0 aliphatic heterocycles. The van der Waals surface area contributed by atoms with Crippen molar-refractivity contribution in [1.82, 2.24) is 5.32 Å². The van der Waals surface area contributed by atoms with Gasteiger partial charge in [-0.05, 0) is 18.1 Å². The van der Waals surface area contributed by atoms with Crippen molar-refractivity contribution in [2.24, 2.45) is 0 Å². The van der Waals surface area contributed by atoms with Crippen LogP contribution in [0.2, 0.25) is 0 Å². The van der Waals surface area contributed by atoms with Gasteiger partial charge >= 0.3 is 0 Å². The van der Waals surface area contributed by atoms with Gasteiger partial charge in [-0.25, -0.2) is 8.42 Å². The van der Waals surface area contributed by atoms with Crippen LogP contribution >= 0.6 is 0 Å². The van der Waals surface area contributed by atoms with Crippen LogP contribution in [0.5, 0.6) is 0 Å². The SMILES string of the molecule is CCc1ccccc1N(CC(=O)NCCOC)S(C)(=O)=O. The number of methoxy groups -OCH3 is 1. The Morgan fingerprint density at radius 2 is 2.00 bits per heavy atom. The topological polar surface area (TPSA) is 75.7 Å². The molecule has 21 heavy (non-hydrogen) atoms. The van der Waals surface area contributed by atoms with E-state index in [1.54, 1.807) is 12.1 Å². The lowest BCUT2D eigenvalue weighted by Crippen LogP contribution is -2.41. The van der Waals surface area contributed by atoms with Crippen LogP contribution in [-0.2, 0) is 26.0 Å². The highest BCUT2D eigenvalue weighted by molar-refractivity contribution is 7.92. The Morgan fingerprint density at radius 3 is 2.57 bits per heavy atom. The first-order chi connectivity index (χ1) is 9.90. The minimum Gasteiger partial charge on any atom is -0.383 e. The summed E-state index contributed by atoms with van der Waals surface area (Å²) in [5.41, 5.74) is 1.43. The highest BCUT2D eigenvalue weighted by Crippen LogP contribution is 2.23. The lowest BCUT2D eigenvalue weighted by Gasteiger charge is -2.24. The highest BCUT2D eigenvalue weighted by Gasteiger charge is 2.22. The monoisotopic (exact) mass is 314 g/mol. The van der Waals surface area contributed by atoms with Crippen molar-refractivity contribution in [1.29, 1.82) is 0 Å². The Kier molecular flexibility index (Phi) is 6.64. The molecule has 0 atom stereocenters. The van der Waals surface area contributed by atoms with Crippen molar-refractivity contribution in [3.05, 3.63) is 29.8 Å². The fourth-order valence-corrected chi connectivity index (χ4v) is 2.80. The van der Waals surface area contributed by atoms with Crippen molar-refractivity contribution < 1.29 is 17.9 Å². The van der Waals surface area contributed by atoms with Crippen LogP contribution in [0, 0.1) is 0 Å². The third-order valence-electron chi connectivity index (χ3n) is 2.96. The van der Waals surface area contributed by atoms with Crippen LogP contribution in [0.4, 0.5) is 5.69 Å². The van der Waals surface area contributed by atoms with E-state index in [0.717, 1.165) is 16.1 Å². The van der Waals surface area contributed by atoms with Crippen LogP contribution in [0.25, 0.3) is 0 Å². The molecule has 1 N–H and O–H groups in total. The van der Waals surface area contributed by atoms with E-state index in [1.165, 1.54) is 7.11 Å². The van der Waals surface area contributed by atoms with Crippen molar-refractivity contribution >= 4 is 21.6 Å². The predicted molar refractivity (Wildman–Crippen MR) is 82.9 cm³/mol. The molecule has 0 bridgehead atoms. The number of amides is 1. The maximum absolute atomic E-state index is 12.0. The number of carbonyl (C=O) groups excluding carboxylic acids is 1. The molecule has 0 spiro atoms. The highest BCUT2D eigenvalue weighted by atomic mass is 32.2. The molecule has 1 aromatic carbocycles. The summed E-state index contributed by atoms with van der Waals surface area (Å²) in [6.45, 7) is 2.44. The van der Waals surface area contributed by atoms with Gasteiger partial charge in [0.2, 0.25) is 15.9 Å². The largest absolute Gasteiger partial charge is 0.383 e. The molecule has 0 heterocycles. The standard InChI is InChI=1S/C14H22N2O4S/c1-4-12-7-5-6-8-13(12)16(21(3,18)19)11-14(17)15-9-10-20-2/h5-8H,4,9-11H2,1-3H3,(H,15,17). The van der Waals surface area contributed by atoms with Gasteiger partial charge in [0.25, 0.3) is 0 Å². The minimum atomic E-state index is -3.53. The first-order valence-electron chi connectivity index (χ1n) is 6.71. The molecule has 0 saturated heterocycles. The van der Waals surface area contributed by atoms with Gasteiger partial charge in [-0.3, -0.25) is 9.10 Å². The molecule has 7 heteroatoms. The number of benzene rings is 1. The van der Waals surface area contributed by atoms with E-state index in [0.29, 0.717) is 25.3 Å². The van der Waals surface area contributed by atoms with Gasteiger partial charge in [0.15, 0.2) is 0 Å². The number of aryl methyl sites for hydroxylation is 1. The van der Waals surface area contributed by atoms with Crippen LogP contribution in [0.3, 0.4) is 0 Å². The number of nitrogens with one attached hydrogen (secondary N) is 1. The van der Waals surface area contributed by atoms with Crippen LogP contribution < -0.4 is 9.62 Å². The van der Waals surface area contributed by atoms with Crippen LogP contribution in [0.15, 0.2) is 24.3 Å². The molecular formula is C14H22N2O4S. The number of hydrogen-bond acceptors (Lipinski definition) is 4. The van der Waals surface area contributed by atoms with Crippen molar-refractivity contribution in [2.75, 3.05) is 37.4 Å². The summed E-state index contributed by atoms with van der Waals surface area (Å²) >= 11 is 0. The van der Waals surface area contributed by atoms with Crippen molar-refractivity contribution in [3.63, 3.8) is 0 Å². The Hall–Kier alpha value is -1.60. The van der Waals surface area contributed by atoms with E-state index in [4.69, 9.17) is 4.74 Å². The second kappa shape index (κ2) is 7.99. The molecule has 0 aliphatic rings. The molecule has 1 rings (SSSR count). The number of hydrogen-bond donors (Lipinski definition) is 1. The summed E-state index contributed by atoms with van der Waals surface area (Å²) in [5, 5.41) is 2.62. The number of para-hydroxylation sites is 1. The van der Waals surface area contributed by atoms with Crippen molar-refractivity contribution in [2.45, 2.75) is 13.3 Å². The maximum atomic E-state index is 12.0. The Morgan fingerprint density at radius 1 is 1.33 bits per heavy atom. The quantitative estimate of drug-likeness (QED) is 0.719. The molecule has 0 aliphatic carbocycles. The number of carbonyl (C=O) groups is 1. The minimum absolute atomic E-state index is 0.237. The zero-order chi connectivity index (χ0) is 15.9. The molecule has 0 unspecified atom stereocenters. The van der Waals surface area contributed by atoms with Gasteiger partial charge in [-0.2, -0.15) is 0 Å². The number of ether oxygens (including phenoxy) is 1. The third-order valence-corrected chi connectivity index (χ3v) is 4.08. The van der Waals surface area contributed by atoms with Gasteiger partial charge in [0.1, 0.15) is 6.54 Å². The summed E-state index contributed by atoms with van der Waals surface area (Å²) in [6, 6.07) is 7.18. The zero-order valence-corrected chi connectivity index (χ0v) is 13.4. The Bertz CT molecular complexity index is 572. The summed E-state index contributed by atoms with van der Waals surface area (Å²) in [5.74, 6) is -0.358.